The molecular formula is C25H37O2P. The van der Waals surface area contributed by atoms with Crippen molar-refractivity contribution in [2.45, 2.75) is 71.9 Å². The molecule has 0 aromatic heterocycles. The van der Waals surface area contributed by atoms with Crippen LogP contribution < -0.4 is 10.0 Å². The summed E-state index contributed by atoms with van der Waals surface area (Å²) in [6.45, 7) is 16.2. The number of aryl methyl sites for hydroxylation is 2. The van der Waals surface area contributed by atoms with Crippen LogP contribution in [0.2, 0.25) is 0 Å². The van der Waals surface area contributed by atoms with Gasteiger partial charge in [0.25, 0.3) is 0 Å². The Morgan fingerprint density at radius 1 is 0.964 bits per heavy atom. The average molecular weight is 401 g/mol. The molecule has 2 unspecified atom stereocenters. The van der Waals surface area contributed by atoms with Gasteiger partial charge in [0, 0.05) is 17.8 Å². The third-order valence-electron chi connectivity index (χ3n) is 5.36. The smallest absolute Gasteiger partial charge is 0.188 e. The van der Waals surface area contributed by atoms with Crippen molar-refractivity contribution < 1.29 is 9.47 Å². The van der Waals surface area contributed by atoms with Crippen molar-refractivity contribution in [3.63, 3.8) is 0 Å². The van der Waals surface area contributed by atoms with Crippen LogP contribution >= 0.6 is 8.58 Å². The van der Waals surface area contributed by atoms with Crippen molar-refractivity contribution in [1.82, 2.24) is 0 Å². The van der Waals surface area contributed by atoms with E-state index in [4.69, 9.17) is 9.47 Å². The van der Waals surface area contributed by atoms with Gasteiger partial charge in [-0.3, -0.25) is 0 Å². The van der Waals surface area contributed by atoms with Crippen LogP contribution in [0.4, 0.5) is 0 Å². The molecule has 154 valence electrons. The highest BCUT2D eigenvalue weighted by Crippen LogP contribution is 2.50. The van der Waals surface area contributed by atoms with Gasteiger partial charge in [0.2, 0.25) is 0 Å². The summed E-state index contributed by atoms with van der Waals surface area (Å²) in [6, 6.07) is 13.4. The van der Waals surface area contributed by atoms with E-state index >= 15 is 0 Å². The third-order valence-corrected chi connectivity index (χ3v) is 7.26. The Bertz CT molecular complexity index is 792. The molecule has 2 rings (SSSR count). The number of rotatable bonds is 8. The standard InChI is InChI=1S/C25H37O2P/c1-9-14-25(7,28-22-13-11-10-12-18(22)2)21-16-20(24(4,5)6)15-19(3)23(21)27-17-26-8/h10-13,15-16,28H,9,14,17H2,1-8H3. The zero-order chi connectivity index (χ0) is 20.9. The molecule has 0 heterocycles. The van der Waals surface area contributed by atoms with E-state index in [0.29, 0.717) is 8.58 Å². The van der Waals surface area contributed by atoms with E-state index in [0.717, 1.165) is 18.6 Å². The second-order valence-corrected chi connectivity index (χ2v) is 10.9. The summed E-state index contributed by atoms with van der Waals surface area (Å²) in [4.78, 5) is 0. The van der Waals surface area contributed by atoms with E-state index in [9.17, 15) is 0 Å². The monoisotopic (exact) mass is 400 g/mol. The van der Waals surface area contributed by atoms with E-state index in [1.807, 2.05) is 0 Å². The van der Waals surface area contributed by atoms with Crippen LogP contribution in [0.5, 0.6) is 5.75 Å². The van der Waals surface area contributed by atoms with Crippen molar-refractivity contribution in [2.24, 2.45) is 0 Å². The largest absolute Gasteiger partial charge is 0.467 e. The van der Waals surface area contributed by atoms with Gasteiger partial charge in [-0.25, -0.2) is 0 Å². The Labute approximate surface area is 173 Å². The zero-order valence-electron chi connectivity index (χ0n) is 18.9. The van der Waals surface area contributed by atoms with Gasteiger partial charge in [-0.05, 0) is 47.7 Å². The number of methoxy groups -OCH3 is 1. The highest BCUT2D eigenvalue weighted by molar-refractivity contribution is 7.48. The molecule has 3 heteroatoms. The molecule has 2 aromatic carbocycles. The van der Waals surface area contributed by atoms with Gasteiger partial charge in [-0.2, -0.15) is 0 Å². The van der Waals surface area contributed by atoms with E-state index in [1.54, 1.807) is 7.11 Å². The first-order chi connectivity index (χ1) is 13.1. The predicted molar refractivity (Wildman–Crippen MR) is 124 cm³/mol. The molecule has 0 fully saturated rings. The molecule has 0 saturated heterocycles. The molecule has 0 aliphatic rings. The highest BCUT2D eigenvalue weighted by Gasteiger charge is 2.32. The molecule has 0 spiro atoms. The minimum absolute atomic E-state index is 0.0238. The first-order valence-corrected chi connectivity index (χ1v) is 11.2. The number of benzene rings is 2. The van der Waals surface area contributed by atoms with E-state index < -0.39 is 0 Å². The fourth-order valence-corrected chi connectivity index (χ4v) is 5.45. The third kappa shape index (κ3) is 5.37. The van der Waals surface area contributed by atoms with Crippen LogP contribution in [-0.2, 0) is 15.3 Å². The van der Waals surface area contributed by atoms with E-state index in [2.05, 4.69) is 84.9 Å². The van der Waals surface area contributed by atoms with Gasteiger partial charge in [0.15, 0.2) is 6.79 Å². The van der Waals surface area contributed by atoms with Crippen molar-refractivity contribution >= 4 is 13.9 Å². The normalized spacial score (nSPS) is 14.4. The summed E-state index contributed by atoms with van der Waals surface area (Å²) in [5.74, 6) is 0.992. The maximum absolute atomic E-state index is 6.13. The van der Waals surface area contributed by atoms with Gasteiger partial charge < -0.3 is 9.47 Å². The first kappa shape index (κ1) is 22.9. The van der Waals surface area contributed by atoms with E-state index in [-0.39, 0.29) is 17.4 Å². The summed E-state index contributed by atoms with van der Waals surface area (Å²) in [5, 5.41) is 1.46. The lowest BCUT2D eigenvalue weighted by Gasteiger charge is -2.35. The van der Waals surface area contributed by atoms with Crippen LogP contribution in [0.3, 0.4) is 0 Å². The average Bonchev–Trinajstić information content (AvgIpc) is 2.61. The minimum Gasteiger partial charge on any atom is -0.467 e. The molecule has 0 radical (unpaired) electrons. The lowest BCUT2D eigenvalue weighted by molar-refractivity contribution is 0.0495. The minimum atomic E-state index is 0.0238. The lowest BCUT2D eigenvalue weighted by atomic mass is 9.82. The summed E-state index contributed by atoms with van der Waals surface area (Å²) in [5.41, 5.74) is 5.33. The van der Waals surface area contributed by atoms with Crippen LogP contribution in [0.15, 0.2) is 36.4 Å². The Morgan fingerprint density at radius 2 is 1.64 bits per heavy atom. The fraction of sp³-hybridized carbons (Fsp3) is 0.520. The van der Waals surface area contributed by atoms with Crippen molar-refractivity contribution in [2.75, 3.05) is 13.9 Å². The maximum Gasteiger partial charge on any atom is 0.188 e. The molecule has 0 aliphatic heterocycles. The Kier molecular flexibility index (Phi) is 7.71. The molecule has 2 aromatic rings. The Balaban J connectivity index is 2.65. The van der Waals surface area contributed by atoms with Crippen molar-refractivity contribution in [1.29, 1.82) is 0 Å². The summed E-state index contributed by atoms with van der Waals surface area (Å²) >= 11 is 0. The first-order valence-electron chi connectivity index (χ1n) is 10.2. The molecule has 0 bridgehead atoms. The predicted octanol–water partition coefficient (Wildman–Crippen LogP) is 6.60. The highest BCUT2D eigenvalue weighted by atomic mass is 31.1. The number of hydrogen-bond donors (Lipinski definition) is 0. The molecule has 0 N–H and O–H groups in total. The van der Waals surface area contributed by atoms with Gasteiger partial charge in [-0.1, -0.05) is 86.0 Å². The molecule has 0 amide bonds. The molecule has 0 aliphatic carbocycles. The quantitative estimate of drug-likeness (QED) is 0.367. The number of hydrogen-bond acceptors (Lipinski definition) is 2. The van der Waals surface area contributed by atoms with Gasteiger partial charge in [0.1, 0.15) is 5.75 Å². The van der Waals surface area contributed by atoms with Crippen LogP contribution in [0.1, 0.15) is 69.7 Å². The van der Waals surface area contributed by atoms with Gasteiger partial charge >= 0.3 is 0 Å². The van der Waals surface area contributed by atoms with Crippen LogP contribution in [0.25, 0.3) is 0 Å². The number of ether oxygens (including phenoxy) is 2. The van der Waals surface area contributed by atoms with Crippen molar-refractivity contribution in [3.8, 4) is 5.75 Å². The zero-order valence-corrected chi connectivity index (χ0v) is 19.9. The second kappa shape index (κ2) is 9.42. The topological polar surface area (TPSA) is 18.5 Å². The molecular weight excluding hydrogens is 363 g/mol. The summed E-state index contributed by atoms with van der Waals surface area (Å²) in [6.07, 6.45) is 2.26. The van der Waals surface area contributed by atoms with Gasteiger partial charge in [0.05, 0.1) is 0 Å². The molecule has 2 nitrogen and oxygen atoms in total. The second-order valence-electron chi connectivity index (χ2n) is 8.99. The summed E-state index contributed by atoms with van der Waals surface area (Å²) in [7, 11) is 2.37. The summed E-state index contributed by atoms with van der Waals surface area (Å²) < 4.78 is 11.4. The maximum atomic E-state index is 6.13. The SMILES string of the molecule is CCCC(C)(Pc1ccccc1C)c1cc(C(C)(C)C)cc(C)c1OCOC. The Hall–Kier alpha value is -1.37. The van der Waals surface area contributed by atoms with Crippen LogP contribution in [0, 0.1) is 13.8 Å². The van der Waals surface area contributed by atoms with E-state index in [1.165, 1.54) is 27.6 Å². The van der Waals surface area contributed by atoms with Gasteiger partial charge in [-0.15, -0.1) is 0 Å². The molecule has 0 saturated carbocycles. The molecule has 28 heavy (non-hydrogen) atoms. The van der Waals surface area contributed by atoms with Crippen LogP contribution in [-0.4, -0.2) is 13.9 Å². The fourth-order valence-electron chi connectivity index (χ4n) is 3.70. The Morgan fingerprint density at radius 3 is 2.21 bits per heavy atom. The molecule has 2 atom stereocenters. The van der Waals surface area contributed by atoms with Crippen molar-refractivity contribution in [3.05, 3.63) is 58.7 Å². The lowest BCUT2D eigenvalue weighted by Crippen LogP contribution is -2.23.